The zero-order chi connectivity index (χ0) is 59.7. The highest BCUT2D eigenvalue weighted by Crippen LogP contribution is 2.76. The van der Waals surface area contributed by atoms with Crippen LogP contribution in [0.4, 0.5) is 0 Å². The van der Waals surface area contributed by atoms with Gasteiger partial charge in [0.2, 0.25) is 6.29 Å². The fourth-order valence-electron chi connectivity index (χ4n) is 17.0. The highest BCUT2D eigenvalue weighted by atomic mass is 16.8. The molecule has 32 unspecified atom stereocenters. The monoisotopic (exact) mass is 1170 g/mol. The van der Waals surface area contributed by atoms with Crippen LogP contribution in [0.2, 0.25) is 0 Å². The number of aldehydes is 1. The van der Waals surface area contributed by atoms with Crippen LogP contribution in [0, 0.1) is 50.2 Å². The second-order valence-electron chi connectivity index (χ2n) is 27.5. The predicted octanol–water partition coefficient (Wildman–Crippen LogP) is -2.09. The number of esters is 1. The number of rotatable bonds is 11. The summed E-state index contributed by atoms with van der Waals surface area (Å²) in [5.74, 6) is -1.20. The van der Waals surface area contributed by atoms with Crippen LogP contribution in [0.15, 0.2) is 11.6 Å². The highest BCUT2D eigenvalue weighted by molar-refractivity contribution is 5.80. The standard InChI is InChI=1S/C57H90O25/c1-23-34(63)37(66)45(81-49-41(70)38(67)43(24(2)77-49)79-48-42(71)44(28(60)20-74-48)80-47-40(69)36(65)29(21-75-47)78-46-39(68)35(64)27(59)19-73-46)50(76-23)82-51(72)57-16-15-52(3,4)17-26(57)25-9-10-31-53(5)13-12-32(61)54(6,22-58)30(53)11-14-55(31,7)56(25,8)18-33(57)62/h9,22-24,26-50,59-71H,10-21H2,1-8H3. The van der Waals surface area contributed by atoms with E-state index < -0.39 is 195 Å². The Morgan fingerprint density at radius 2 is 1.13 bits per heavy atom. The molecule has 0 radical (unpaired) electrons. The summed E-state index contributed by atoms with van der Waals surface area (Å²) in [7, 11) is 0. The Bertz CT molecular complexity index is 2330. The molecular formula is C57H90O25. The van der Waals surface area contributed by atoms with E-state index in [2.05, 4.69) is 40.7 Å². The molecule has 82 heavy (non-hydrogen) atoms. The minimum absolute atomic E-state index is 0.0397. The van der Waals surface area contributed by atoms with Crippen LogP contribution in [-0.2, 0) is 57.0 Å². The second-order valence-corrected chi connectivity index (χ2v) is 27.5. The molecular weight excluding hydrogens is 1080 g/mol. The fourth-order valence-corrected chi connectivity index (χ4v) is 17.0. The summed E-state index contributed by atoms with van der Waals surface area (Å²) in [6.45, 7) is 14.5. The highest BCUT2D eigenvalue weighted by Gasteiger charge is 2.72. The van der Waals surface area contributed by atoms with Crippen molar-refractivity contribution in [3.8, 4) is 0 Å². The van der Waals surface area contributed by atoms with Gasteiger partial charge >= 0.3 is 5.97 Å². The maximum Gasteiger partial charge on any atom is 0.317 e. The first-order chi connectivity index (χ1) is 38.4. The van der Waals surface area contributed by atoms with Gasteiger partial charge in [0.1, 0.15) is 97.2 Å². The van der Waals surface area contributed by atoms with Crippen LogP contribution in [0.3, 0.4) is 0 Å². The van der Waals surface area contributed by atoms with E-state index in [1.807, 2.05) is 6.92 Å². The van der Waals surface area contributed by atoms with E-state index in [0.29, 0.717) is 25.7 Å². The molecule has 32 atom stereocenters. The van der Waals surface area contributed by atoms with Crippen molar-refractivity contribution in [3.63, 3.8) is 0 Å². The van der Waals surface area contributed by atoms with Crippen LogP contribution in [0.1, 0.15) is 113 Å². The molecule has 5 aliphatic heterocycles. The molecule has 0 bridgehead atoms. The molecule has 25 nitrogen and oxygen atoms in total. The summed E-state index contributed by atoms with van der Waals surface area (Å²) < 4.78 is 58.3. The molecule has 468 valence electrons. The topological polar surface area (TPSA) is 389 Å². The Labute approximate surface area is 476 Å². The molecule has 10 aliphatic rings. The van der Waals surface area contributed by atoms with Crippen molar-refractivity contribution in [2.24, 2.45) is 50.2 Å². The SMILES string of the molecule is CC1OC(OC(=O)C23CCC(C)(C)CC2C2=CCC4C5(C)CCC(O)C(C)(C=O)C5CCC4(C)C2(C)CC3O)C(OC2OC(C)C(OC3OCC(O)C(OC4OCC(OC5OCC(O)C(O)C5O)C(O)C4O)C3O)C(O)C2O)C(O)C1O. The molecule has 0 aromatic carbocycles. The molecule has 5 saturated heterocycles. The van der Waals surface area contributed by atoms with E-state index in [1.54, 1.807) is 0 Å². The summed E-state index contributed by atoms with van der Waals surface area (Å²) in [6.07, 6.45) is -29.6. The lowest BCUT2D eigenvalue weighted by molar-refractivity contribution is -0.380. The van der Waals surface area contributed by atoms with Crippen LogP contribution in [-0.4, -0.2) is 246 Å². The Hall–Kier alpha value is -2.00. The summed E-state index contributed by atoms with van der Waals surface area (Å²) >= 11 is 0. The van der Waals surface area contributed by atoms with Crippen molar-refractivity contribution in [1.82, 2.24) is 0 Å². The molecule has 0 aromatic rings. The third-order valence-corrected chi connectivity index (χ3v) is 22.3. The maximum absolute atomic E-state index is 15.4. The van der Waals surface area contributed by atoms with E-state index in [0.717, 1.165) is 31.1 Å². The van der Waals surface area contributed by atoms with E-state index in [9.17, 15) is 71.2 Å². The minimum atomic E-state index is -1.98. The molecule has 4 saturated carbocycles. The smallest absolute Gasteiger partial charge is 0.317 e. The lowest BCUT2D eigenvalue weighted by Gasteiger charge is -2.71. The van der Waals surface area contributed by atoms with Gasteiger partial charge in [-0.15, -0.1) is 0 Å². The predicted molar refractivity (Wildman–Crippen MR) is 276 cm³/mol. The lowest BCUT2D eigenvalue weighted by Crippen LogP contribution is -2.68. The average molecular weight is 1180 g/mol. The van der Waals surface area contributed by atoms with E-state index in [4.69, 9.17) is 47.4 Å². The van der Waals surface area contributed by atoms with Gasteiger partial charge < -0.3 is 119 Å². The number of hydrogen-bond donors (Lipinski definition) is 13. The Kier molecular flexibility index (Phi) is 17.6. The molecule has 13 N–H and O–H groups in total. The van der Waals surface area contributed by atoms with Crippen LogP contribution in [0.5, 0.6) is 0 Å². The number of fused-ring (bicyclic) bond motifs is 7. The molecule has 0 amide bonds. The molecule has 25 heteroatoms. The van der Waals surface area contributed by atoms with E-state index in [-0.39, 0.29) is 40.9 Å². The van der Waals surface area contributed by atoms with Gasteiger partial charge in [0.25, 0.3) is 0 Å². The molecule has 0 spiro atoms. The van der Waals surface area contributed by atoms with Crippen molar-refractivity contribution < 1.29 is 123 Å². The summed E-state index contributed by atoms with van der Waals surface area (Å²) in [6, 6.07) is 0. The number of aliphatic hydroxyl groups excluding tert-OH is 13. The van der Waals surface area contributed by atoms with Crippen molar-refractivity contribution in [1.29, 1.82) is 0 Å². The number of ether oxygens (including phenoxy) is 10. The van der Waals surface area contributed by atoms with Gasteiger partial charge in [-0.25, -0.2) is 0 Å². The zero-order valence-corrected chi connectivity index (χ0v) is 47.9. The normalized spacial score (nSPS) is 55.9. The number of carbonyl (C=O) groups is 2. The van der Waals surface area contributed by atoms with Gasteiger partial charge in [0.15, 0.2) is 31.3 Å². The molecule has 5 heterocycles. The second kappa shape index (κ2) is 22.9. The average Bonchev–Trinajstić information content (AvgIpc) is 0.749. The van der Waals surface area contributed by atoms with Crippen molar-refractivity contribution in [2.75, 3.05) is 19.8 Å². The van der Waals surface area contributed by atoms with Gasteiger partial charge in [-0.1, -0.05) is 53.2 Å². The van der Waals surface area contributed by atoms with E-state index in [1.165, 1.54) is 13.8 Å². The van der Waals surface area contributed by atoms with Crippen molar-refractivity contribution in [3.05, 3.63) is 11.6 Å². The largest absolute Gasteiger partial charge is 0.432 e. The third kappa shape index (κ3) is 10.2. The number of carbonyl (C=O) groups excluding carboxylic acids is 2. The minimum Gasteiger partial charge on any atom is -0.432 e. The van der Waals surface area contributed by atoms with Gasteiger partial charge in [0.05, 0.1) is 49.7 Å². The van der Waals surface area contributed by atoms with E-state index >= 15 is 4.79 Å². The lowest BCUT2D eigenvalue weighted by atomic mass is 9.33. The third-order valence-electron chi connectivity index (χ3n) is 22.3. The number of aliphatic hydroxyl groups is 13. The summed E-state index contributed by atoms with van der Waals surface area (Å²) in [4.78, 5) is 28.2. The van der Waals surface area contributed by atoms with Crippen molar-refractivity contribution in [2.45, 2.75) is 261 Å². The van der Waals surface area contributed by atoms with Gasteiger partial charge in [-0.05, 0) is 111 Å². The maximum atomic E-state index is 15.4. The fraction of sp³-hybridized carbons (Fsp3) is 0.930. The number of hydrogen-bond acceptors (Lipinski definition) is 25. The van der Waals surface area contributed by atoms with Gasteiger partial charge in [-0.2, -0.15) is 0 Å². The first kappa shape index (κ1) is 63.0. The number of allylic oxidation sites excluding steroid dienone is 2. The Morgan fingerprint density at radius 1 is 0.549 bits per heavy atom. The Balaban J connectivity index is 0.818. The van der Waals surface area contributed by atoms with Crippen LogP contribution in [0.25, 0.3) is 0 Å². The van der Waals surface area contributed by atoms with Crippen molar-refractivity contribution >= 4 is 12.3 Å². The molecule has 5 aliphatic carbocycles. The summed E-state index contributed by atoms with van der Waals surface area (Å²) in [5, 5.41) is 144. The summed E-state index contributed by atoms with van der Waals surface area (Å²) in [5.41, 5.74) is -2.75. The van der Waals surface area contributed by atoms with Gasteiger partial charge in [-0.3, -0.25) is 4.79 Å². The molecule has 10 rings (SSSR count). The Morgan fingerprint density at radius 3 is 1.83 bits per heavy atom. The van der Waals surface area contributed by atoms with Crippen LogP contribution < -0.4 is 0 Å². The molecule has 9 fully saturated rings. The van der Waals surface area contributed by atoms with Crippen LogP contribution >= 0.6 is 0 Å². The quantitative estimate of drug-likeness (QED) is 0.0599. The first-order valence-corrected chi connectivity index (χ1v) is 29.4. The zero-order valence-electron chi connectivity index (χ0n) is 47.9. The molecule has 0 aromatic heterocycles. The van der Waals surface area contributed by atoms with Gasteiger partial charge in [0, 0.05) is 0 Å². The first-order valence-electron chi connectivity index (χ1n) is 29.4.